The first-order valence-corrected chi connectivity index (χ1v) is 7.04. The first kappa shape index (κ1) is 13.2. The van der Waals surface area contributed by atoms with Crippen molar-refractivity contribution < 1.29 is 14.3 Å². The van der Waals surface area contributed by atoms with Gasteiger partial charge in [-0.2, -0.15) is 0 Å². The molecule has 1 saturated carbocycles. The second kappa shape index (κ2) is 5.32. The van der Waals surface area contributed by atoms with E-state index in [9.17, 15) is 4.79 Å². The van der Waals surface area contributed by atoms with Gasteiger partial charge in [-0.15, -0.1) is 0 Å². The lowest BCUT2D eigenvalue weighted by Crippen LogP contribution is -2.39. The predicted molar refractivity (Wildman–Crippen MR) is 74.4 cm³/mol. The molecular formula is C15H20N2O3. The number of nitrogens with zero attached hydrogens (tertiary/aromatic N) is 1. The van der Waals surface area contributed by atoms with Gasteiger partial charge in [0.25, 0.3) is 0 Å². The Morgan fingerprint density at radius 3 is 2.90 bits per heavy atom. The molecule has 1 fully saturated rings. The van der Waals surface area contributed by atoms with Crippen molar-refractivity contribution in [2.75, 3.05) is 13.8 Å². The highest BCUT2D eigenvalue weighted by Crippen LogP contribution is 2.33. The molecule has 0 aromatic heterocycles. The molecule has 1 heterocycles. The molecule has 0 spiro atoms. The van der Waals surface area contributed by atoms with Crippen LogP contribution in [0.15, 0.2) is 18.2 Å². The Kier molecular flexibility index (Phi) is 3.53. The second-order valence-electron chi connectivity index (χ2n) is 5.58. The number of hydrogen-bond donors (Lipinski definition) is 1. The molecule has 5 heteroatoms. The molecule has 3 rings (SSSR count). The Balaban J connectivity index is 1.66. The van der Waals surface area contributed by atoms with Crippen LogP contribution >= 0.6 is 0 Å². The molecule has 2 atom stereocenters. The van der Waals surface area contributed by atoms with Crippen LogP contribution < -0.4 is 15.2 Å². The van der Waals surface area contributed by atoms with Crippen molar-refractivity contribution in [3.8, 4) is 11.5 Å². The van der Waals surface area contributed by atoms with E-state index in [0.29, 0.717) is 6.54 Å². The molecule has 20 heavy (non-hydrogen) atoms. The van der Waals surface area contributed by atoms with Crippen LogP contribution in [0, 0.1) is 5.92 Å². The Bertz CT molecular complexity index is 518. The van der Waals surface area contributed by atoms with Crippen LogP contribution in [0.2, 0.25) is 0 Å². The lowest BCUT2D eigenvalue weighted by Gasteiger charge is -2.23. The molecule has 1 amide bonds. The zero-order valence-electron chi connectivity index (χ0n) is 11.7. The van der Waals surface area contributed by atoms with Crippen molar-refractivity contribution in [1.82, 2.24) is 4.90 Å². The van der Waals surface area contributed by atoms with Gasteiger partial charge in [0.15, 0.2) is 11.5 Å². The third kappa shape index (κ3) is 2.45. The number of carbonyl (C=O) groups excluding carboxylic acids is 1. The smallest absolute Gasteiger partial charge is 0.231 e. The first-order valence-electron chi connectivity index (χ1n) is 7.04. The van der Waals surface area contributed by atoms with Crippen LogP contribution in [0.3, 0.4) is 0 Å². The maximum Gasteiger partial charge on any atom is 0.231 e. The standard InChI is InChI=1S/C15H20N2O3/c1-17(15(18)11-3-2-4-12(11)16)8-10-5-6-13-14(7-10)20-9-19-13/h5-7,11-12H,2-4,8-9,16H2,1H3/t11-,12-/m1/s1. The molecule has 1 aromatic rings. The summed E-state index contributed by atoms with van der Waals surface area (Å²) < 4.78 is 10.6. The molecule has 2 N–H and O–H groups in total. The average Bonchev–Trinajstić information content (AvgIpc) is 3.05. The Morgan fingerprint density at radius 1 is 1.35 bits per heavy atom. The Hall–Kier alpha value is -1.75. The van der Waals surface area contributed by atoms with Crippen LogP contribution in [0.1, 0.15) is 24.8 Å². The Morgan fingerprint density at radius 2 is 2.15 bits per heavy atom. The number of amides is 1. The fraction of sp³-hybridized carbons (Fsp3) is 0.533. The van der Waals surface area contributed by atoms with Crippen LogP contribution in [-0.2, 0) is 11.3 Å². The van der Waals surface area contributed by atoms with Crippen molar-refractivity contribution in [2.24, 2.45) is 11.7 Å². The molecular weight excluding hydrogens is 256 g/mol. The predicted octanol–water partition coefficient (Wildman–Crippen LogP) is 1.50. The average molecular weight is 276 g/mol. The van der Waals surface area contributed by atoms with E-state index in [2.05, 4.69) is 0 Å². The zero-order chi connectivity index (χ0) is 14.1. The molecule has 0 bridgehead atoms. The summed E-state index contributed by atoms with van der Waals surface area (Å²) in [4.78, 5) is 14.1. The second-order valence-corrected chi connectivity index (χ2v) is 5.58. The van der Waals surface area contributed by atoms with Crippen LogP contribution in [0.5, 0.6) is 11.5 Å². The Labute approximate surface area is 118 Å². The van der Waals surface area contributed by atoms with Gasteiger partial charge in [0.05, 0.1) is 5.92 Å². The summed E-state index contributed by atoms with van der Waals surface area (Å²) in [6.07, 6.45) is 2.91. The maximum absolute atomic E-state index is 12.4. The molecule has 0 saturated heterocycles. The topological polar surface area (TPSA) is 64.8 Å². The van der Waals surface area contributed by atoms with E-state index in [1.165, 1.54) is 0 Å². The summed E-state index contributed by atoms with van der Waals surface area (Å²) >= 11 is 0. The molecule has 1 aliphatic heterocycles. The van der Waals surface area contributed by atoms with Gasteiger partial charge < -0.3 is 20.1 Å². The molecule has 108 valence electrons. The number of benzene rings is 1. The highest BCUT2D eigenvalue weighted by atomic mass is 16.7. The number of ether oxygens (including phenoxy) is 2. The lowest BCUT2D eigenvalue weighted by atomic mass is 10.0. The first-order chi connectivity index (χ1) is 9.65. The fourth-order valence-electron chi connectivity index (χ4n) is 2.97. The summed E-state index contributed by atoms with van der Waals surface area (Å²) in [7, 11) is 1.83. The third-order valence-electron chi connectivity index (χ3n) is 4.12. The highest BCUT2D eigenvalue weighted by Gasteiger charge is 2.32. The van der Waals surface area contributed by atoms with E-state index in [1.54, 1.807) is 4.90 Å². The quantitative estimate of drug-likeness (QED) is 0.908. The minimum Gasteiger partial charge on any atom is -0.454 e. The van der Waals surface area contributed by atoms with Gasteiger partial charge in [-0.05, 0) is 30.5 Å². The van der Waals surface area contributed by atoms with E-state index in [0.717, 1.165) is 36.3 Å². The van der Waals surface area contributed by atoms with Crippen molar-refractivity contribution in [3.63, 3.8) is 0 Å². The van der Waals surface area contributed by atoms with E-state index < -0.39 is 0 Å². The number of nitrogens with two attached hydrogens (primary N) is 1. The van der Waals surface area contributed by atoms with Crippen molar-refractivity contribution in [3.05, 3.63) is 23.8 Å². The van der Waals surface area contributed by atoms with Crippen molar-refractivity contribution >= 4 is 5.91 Å². The van der Waals surface area contributed by atoms with Crippen LogP contribution in [-0.4, -0.2) is 30.7 Å². The van der Waals surface area contributed by atoms with E-state index in [4.69, 9.17) is 15.2 Å². The van der Waals surface area contributed by atoms with E-state index in [-0.39, 0.29) is 24.7 Å². The lowest BCUT2D eigenvalue weighted by molar-refractivity contribution is -0.134. The molecule has 0 radical (unpaired) electrons. The molecule has 1 aliphatic carbocycles. The maximum atomic E-state index is 12.4. The number of carbonyl (C=O) groups is 1. The number of rotatable bonds is 3. The SMILES string of the molecule is CN(Cc1ccc2c(c1)OCO2)C(=O)[C@@H]1CCC[C@H]1N. The van der Waals surface area contributed by atoms with Gasteiger partial charge in [0.2, 0.25) is 12.7 Å². The van der Waals surface area contributed by atoms with E-state index in [1.807, 2.05) is 25.2 Å². The van der Waals surface area contributed by atoms with Gasteiger partial charge in [0.1, 0.15) is 0 Å². The monoisotopic (exact) mass is 276 g/mol. The van der Waals surface area contributed by atoms with Gasteiger partial charge in [-0.1, -0.05) is 12.5 Å². The van der Waals surface area contributed by atoms with E-state index >= 15 is 0 Å². The summed E-state index contributed by atoms with van der Waals surface area (Å²) in [5, 5.41) is 0. The minimum absolute atomic E-state index is 0.0155. The largest absolute Gasteiger partial charge is 0.454 e. The molecule has 1 aromatic carbocycles. The summed E-state index contributed by atoms with van der Waals surface area (Å²) in [6.45, 7) is 0.836. The summed E-state index contributed by atoms with van der Waals surface area (Å²) in [6, 6.07) is 5.80. The van der Waals surface area contributed by atoms with Gasteiger partial charge in [-0.3, -0.25) is 4.79 Å². The number of fused-ring (bicyclic) bond motifs is 1. The summed E-state index contributed by atoms with van der Waals surface area (Å²) in [5.41, 5.74) is 7.04. The summed E-state index contributed by atoms with van der Waals surface area (Å²) in [5.74, 6) is 1.64. The molecule has 5 nitrogen and oxygen atoms in total. The highest BCUT2D eigenvalue weighted by molar-refractivity contribution is 5.79. The van der Waals surface area contributed by atoms with Crippen LogP contribution in [0.4, 0.5) is 0 Å². The molecule has 2 aliphatic rings. The molecule has 0 unspecified atom stereocenters. The fourth-order valence-corrected chi connectivity index (χ4v) is 2.97. The zero-order valence-corrected chi connectivity index (χ0v) is 11.7. The van der Waals surface area contributed by atoms with Gasteiger partial charge in [0, 0.05) is 19.6 Å². The van der Waals surface area contributed by atoms with Crippen molar-refractivity contribution in [1.29, 1.82) is 0 Å². The normalized spacial score (nSPS) is 23.9. The van der Waals surface area contributed by atoms with Crippen molar-refractivity contribution in [2.45, 2.75) is 31.8 Å². The number of hydrogen-bond acceptors (Lipinski definition) is 4. The minimum atomic E-state index is -0.0194. The third-order valence-corrected chi connectivity index (χ3v) is 4.12. The van der Waals surface area contributed by atoms with Gasteiger partial charge >= 0.3 is 0 Å². The van der Waals surface area contributed by atoms with Crippen LogP contribution in [0.25, 0.3) is 0 Å². The van der Waals surface area contributed by atoms with Gasteiger partial charge in [-0.25, -0.2) is 0 Å².